The van der Waals surface area contributed by atoms with Crippen LogP contribution in [0.5, 0.6) is 0 Å². The molecule has 1 unspecified atom stereocenters. The fraction of sp³-hybridized carbons (Fsp3) is 0.778. The van der Waals surface area contributed by atoms with Crippen LogP contribution in [0.15, 0.2) is 11.6 Å². The third kappa shape index (κ3) is 2.34. The third-order valence-electron chi connectivity index (χ3n) is 2.25. The minimum Gasteiger partial charge on any atom is -0.229 e. The fourth-order valence-corrected chi connectivity index (χ4v) is 3.31. The van der Waals surface area contributed by atoms with E-state index in [1.807, 2.05) is 19.9 Å². The Labute approximate surface area is 74.6 Å². The standard InChI is InChI=1S/C9H16O2S/c1-8(2)5-6-9-4-3-7-12(9,10)11/h5,9H,3-4,6-7H2,1-2H3. The summed E-state index contributed by atoms with van der Waals surface area (Å²) in [4.78, 5) is 0. The molecule has 1 fully saturated rings. The zero-order chi connectivity index (χ0) is 9.19. The molecule has 70 valence electrons. The Hall–Kier alpha value is -0.310. The number of hydrogen-bond donors (Lipinski definition) is 0. The summed E-state index contributed by atoms with van der Waals surface area (Å²) in [6.45, 7) is 4.00. The van der Waals surface area contributed by atoms with E-state index < -0.39 is 9.84 Å². The van der Waals surface area contributed by atoms with Gasteiger partial charge in [-0.2, -0.15) is 0 Å². The molecule has 3 heteroatoms. The molecule has 1 heterocycles. The van der Waals surface area contributed by atoms with Gasteiger partial charge in [-0.25, -0.2) is 8.42 Å². The zero-order valence-electron chi connectivity index (χ0n) is 7.71. The van der Waals surface area contributed by atoms with Crippen molar-refractivity contribution in [3.8, 4) is 0 Å². The van der Waals surface area contributed by atoms with Gasteiger partial charge in [0.2, 0.25) is 0 Å². The van der Waals surface area contributed by atoms with E-state index in [1.165, 1.54) is 5.57 Å². The van der Waals surface area contributed by atoms with Crippen LogP contribution >= 0.6 is 0 Å². The molecule has 0 bridgehead atoms. The van der Waals surface area contributed by atoms with Crippen LogP contribution in [0.4, 0.5) is 0 Å². The first-order valence-corrected chi connectivity index (χ1v) is 6.09. The van der Waals surface area contributed by atoms with Gasteiger partial charge in [0.25, 0.3) is 0 Å². The number of rotatable bonds is 2. The van der Waals surface area contributed by atoms with E-state index in [0.29, 0.717) is 12.2 Å². The molecule has 0 N–H and O–H groups in total. The van der Waals surface area contributed by atoms with Crippen LogP contribution in [0.2, 0.25) is 0 Å². The molecule has 1 atom stereocenters. The second kappa shape index (κ2) is 3.60. The Bertz CT molecular complexity index is 271. The summed E-state index contributed by atoms with van der Waals surface area (Å²) in [6, 6.07) is 0. The van der Waals surface area contributed by atoms with Gasteiger partial charge in [-0.15, -0.1) is 0 Å². The van der Waals surface area contributed by atoms with Crippen molar-refractivity contribution in [3.63, 3.8) is 0 Å². The second-order valence-corrected chi connectivity index (χ2v) is 6.05. The Kier molecular flexibility index (Phi) is 2.94. The molecule has 0 aromatic carbocycles. The molecule has 0 saturated carbocycles. The lowest BCUT2D eigenvalue weighted by Crippen LogP contribution is -2.14. The fourth-order valence-electron chi connectivity index (χ4n) is 1.49. The topological polar surface area (TPSA) is 34.1 Å². The SMILES string of the molecule is CC(C)=CCC1CCCS1(=O)=O. The van der Waals surface area contributed by atoms with E-state index in [1.54, 1.807) is 0 Å². The van der Waals surface area contributed by atoms with Crippen molar-refractivity contribution in [3.05, 3.63) is 11.6 Å². The van der Waals surface area contributed by atoms with E-state index in [4.69, 9.17) is 0 Å². The van der Waals surface area contributed by atoms with Crippen LogP contribution in [-0.4, -0.2) is 19.4 Å². The summed E-state index contributed by atoms with van der Waals surface area (Å²) in [5, 5.41) is -0.0904. The van der Waals surface area contributed by atoms with Gasteiger partial charge in [0.05, 0.1) is 11.0 Å². The van der Waals surface area contributed by atoms with Crippen molar-refractivity contribution in [2.45, 2.75) is 38.4 Å². The molecule has 2 nitrogen and oxygen atoms in total. The molecule has 0 spiro atoms. The van der Waals surface area contributed by atoms with Crippen molar-refractivity contribution < 1.29 is 8.42 Å². The summed E-state index contributed by atoms with van der Waals surface area (Å²) in [5.41, 5.74) is 1.21. The zero-order valence-corrected chi connectivity index (χ0v) is 8.52. The van der Waals surface area contributed by atoms with Crippen molar-refractivity contribution in [2.75, 3.05) is 5.75 Å². The maximum absolute atomic E-state index is 11.3. The Morgan fingerprint density at radius 1 is 1.50 bits per heavy atom. The van der Waals surface area contributed by atoms with E-state index in [0.717, 1.165) is 12.8 Å². The van der Waals surface area contributed by atoms with E-state index in [-0.39, 0.29) is 5.25 Å². The highest BCUT2D eigenvalue weighted by atomic mass is 32.2. The van der Waals surface area contributed by atoms with Crippen LogP contribution < -0.4 is 0 Å². The molecule has 0 aliphatic carbocycles. The molecule has 0 aromatic rings. The summed E-state index contributed by atoms with van der Waals surface area (Å²) in [7, 11) is -2.73. The van der Waals surface area contributed by atoms with Crippen LogP contribution in [0.3, 0.4) is 0 Å². The average Bonchev–Trinajstić information content (AvgIpc) is 2.25. The van der Waals surface area contributed by atoms with Crippen molar-refractivity contribution in [1.82, 2.24) is 0 Å². The van der Waals surface area contributed by atoms with Gasteiger partial charge >= 0.3 is 0 Å². The Balaban J connectivity index is 2.60. The lowest BCUT2D eigenvalue weighted by molar-refractivity contribution is 0.589. The molecule has 1 aliphatic heterocycles. The predicted molar refractivity (Wildman–Crippen MR) is 50.9 cm³/mol. The number of allylic oxidation sites excluding steroid dienone is 2. The highest BCUT2D eigenvalue weighted by molar-refractivity contribution is 7.92. The van der Waals surface area contributed by atoms with Gasteiger partial charge in [0, 0.05) is 0 Å². The van der Waals surface area contributed by atoms with Gasteiger partial charge in [0.15, 0.2) is 9.84 Å². The first kappa shape index (κ1) is 9.78. The van der Waals surface area contributed by atoms with Crippen LogP contribution in [0.1, 0.15) is 33.1 Å². The third-order valence-corrected chi connectivity index (χ3v) is 4.55. The Morgan fingerprint density at radius 2 is 2.17 bits per heavy atom. The largest absolute Gasteiger partial charge is 0.229 e. The van der Waals surface area contributed by atoms with Gasteiger partial charge in [0.1, 0.15) is 0 Å². The smallest absolute Gasteiger partial charge is 0.153 e. The molecule has 1 aliphatic rings. The van der Waals surface area contributed by atoms with Gasteiger partial charge in [-0.05, 0) is 33.1 Å². The molecule has 0 amide bonds. The van der Waals surface area contributed by atoms with Gasteiger partial charge in [-0.1, -0.05) is 11.6 Å². The Morgan fingerprint density at radius 3 is 2.58 bits per heavy atom. The molecule has 12 heavy (non-hydrogen) atoms. The molecule has 1 saturated heterocycles. The van der Waals surface area contributed by atoms with Crippen molar-refractivity contribution in [1.29, 1.82) is 0 Å². The van der Waals surface area contributed by atoms with Crippen LogP contribution in [-0.2, 0) is 9.84 Å². The van der Waals surface area contributed by atoms with Crippen molar-refractivity contribution in [2.24, 2.45) is 0 Å². The molecule has 0 radical (unpaired) electrons. The van der Waals surface area contributed by atoms with Crippen molar-refractivity contribution >= 4 is 9.84 Å². The summed E-state index contributed by atoms with van der Waals surface area (Å²) in [5.74, 6) is 0.397. The molecule has 1 rings (SSSR count). The van der Waals surface area contributed by atoms with E-state index in [9.17, 15) is 8.42 Å². The van der Waals surface area contributed by atoms with E-state index in [2.05, 4.69) is 0 Å². The quantitative estimate of drug-likeness (QED) is 0.620. The summed E-state index contributed by atoms with van der Waals surface area (Å²) >= 11 is 0. The van der Waals surface area contributed by atoms with Crippen LogP contribution in [0, 0.1) is 0 Å². The highest BCUT2D eigenvalue weighted by Gasteiger charge is 2.29. The average molecular weight is 188 g/mol. The molecule has 0 aromatic heterocycles. The monoisotopic (exact) mass is 188 g/mol. The normalized spacial score (nSPS) is 27.0. The van der Waals surface area contributed by atoms with Crippen LogP contribution in [0.25, 0.3) is 0 Å². The predicted octanol–water partition coefficient (Wildman–Crippen LogP) is 1.92. The second-order valence-electron chi connectivity index (χ2n) is 3.65. The minimum atomic E-state index is -2.73. The molecular formula is C9H16O2S. The summed E-state index contributed by atoms with van der Waals surface area (Å²) in [6.07, 6.45) is 4.44. The van der Waals surface area contributed by atoms with E-state index >= 15 is 0 Å². The maximum Gasteiger partial charge on any atom is 0.153 e. The lowest BCUT2D eigenvalue weighted by atomic mass is 10.1. The lowest BCUT2D eigenvalue weighted by Gasteiger charge is -2.04. The summed E-state index contributed by atoms with van der Waals surface area (Å²) < 4.78 is 22.7. The molecular weight excluding hydrogens is 172 g/mol. The number of hydrogen-bond acceptors (Lipinski definition) is 2. The van der Waals surface area contributed by atoms with Gasteiger partial charge in [-0.3, -0.25) is 0 Å². The van der Waals surface area contributed by atoms with Gasteiger partial charge < -0.3 is 0 Å². The first-order chi connectivity index (χ1) is 5.52. The number of sulfone groups is 1. The highest BCUT2D eigenvalue weighted by Crippen LogP contribution is 2.23. The maximum atomic E-state index is 11.3. The first-order valence-electron chi connectivity index (χ1n) is 4.37. The minimum absolute atomic E-state index is 0.0904.